The van der Waals surface area contributed by atoms with Crippen LogP contribution in [0.4, 0.5) is 0 Å². The summed E-state index contributed by atoms with van der Waals surface area (Å²) >= 11 is 0. The number of hydrogen-bond acceptors (Lipinski definition) is 3. The molecule has 0 aliphatic carbocycles. The van der Waals surface area contributed by atoms with Gasteiger partial charge >= 0.3 is 0 Å². The molecule has 4 rings (SSSR count). The van der Waals surface area contributed by atoms with Crippen molar-refractivity contribution in [3.63, 3.8) is 0 Å². The predicted octanol–water partition coefficient (Wildman–Crippen LogP) is 3.33. The van der Waals surface area contributed by atoms with Crippen LogP contribution in [0.1, 0.15) is 22.4 Å². The smallest absolute Gasteiger partial charge is 0.137 e. The Labute approximate surface area is 149 Å². The minimum atomic E-state index is 0.939. The molecule has 3 aromatic rings. The van der Waals surface area contributed by atoms with Crippen LogP contribution in [-0.2, 0) is 6.54 Å². The van der Waals surface area contributed by atoms with E-state index in [4.69, 9.17) is 4.98 Å². The van der Waals surface area contributed by atoms with Gasteiger partial charge in [0.2, 0.25) is 0 Å². The van der Waals surface area contributed by atoms with Gasteiger partial charge in [-0.1, -0.05) is 12.1 Å². The Morgan fingerprint density at radius 3 is 2.56 bits per heavy atom. The molecule has 0 radical (unpaired) electrons. The summed E-state index contributed by atoms with van der Waals surface area (Å²) in [4.78, 5) is 7.52. The summed E-state index contributed by atoms with van der Waals surface area (Å²) in [5.74, 6) is 0. The second kappa shape index (κ2) is 6.62. The summed E-state index contributed by atoms with van der Waals surface area (Å²) in [6, 6.07) is 11.0. The van der Waals surface area contributed by atoms with Gasteiger partial charge < -0.3 is 9.72 Å². The van der Waals surface area contributed by atoms with E-state index in [1.807, 2.05) is 0 Å². The molecule has 1 saturated heterocycles. The molecule has 0 unspecified atom stereocenters. The third-order valence-electron chi connectivity index (χ3n) is 5.24. The lowest BCUT2D eigenvalue weighted by atomic mass is 10.0. The third kappa shape index (κ3) is 3.20. The normalized spacial score (nSPS) is 15.8. The minimum absolute atomic E-state index is 0.939. The highest BCUT2D eigenvalue weighted by atomic mass is 15.2. The summed E-state index contributed by atoms with van der Waals surface area (Å²) in [5.41, 5.74) is 8.56. The van der Waals surface area contributed by atoms with Crippen molar-refractivity contribution in [1.29, 1.82) is 0 Å². The van der Waals surface area contributed by atoms with Gasteiger partial charge in [-0.3, -0.25) is 4.90 Å². The van der Waals surface area contributed by atoms with E-state index in [1.165, 1.54) is 27.9 Å². The van der Waals surface area contributed by atoms with Crippen molar-refractivity contribution in [2.75, 3.05) is 26.2 Å². The SMILES string of the molecule is Cc1ccn2c(CN3CCNCC3)c(-c3ccc(C)c(C)c3)nc2c1. The highest BCUT2D eigenvalue weighted by Crippen LogP contribution is 2.28. The van der Waals surface area contributed by atoms with Crippen LogP contribution < -0.4 is 5.32 Å². The molecule has 2 aromatic heterocycles. The first-order chi connectivity index (χ1) is 12.1. The molecule has 4 nitrogen and oxygen atoms in total. The topological polar surface area (TPSA) is 32.6 Å². The van der Waals surface area contributed by atoms with Crippen LogP contribution in [0.3, 0.4) is 0 Å². The van der Waals surface area contributed by atoms with E-state index >= 15 is 0 Å². The number of piperazine rings is 1. The molecule has 0 amide bonds. The zero-order valence-corrected chi connectivity index (χ0v) is 15.3. The predicted molar refractivity (Wildman–Crippen MR) is 103 cm³/mol. The quantitative estimate of drug-likeness (QED) is 0.797. The lowest BCUT2D eigenvalue weighted by Gasteiger charge is -2.27. The lowest BCUT2D eigenvalue weighted by molar-refractivity contribution is 0.230. The average Bonchev–Trinajstić information content (AvgIpc) is 2.96. The largest absolute Gasteiger partial charge is 0.314 e. The van der Waals surface area contributed by atoms with Gasteiger partial charge in [-0.15, -0.1) is 0 Å². The van der Waals surface area contributed by atoms with E-state index < -0.39 is 0 Å². The van der Waals surface area contributed by atoms with E-state index in [0.717, 1.165) is 44.1 Å². The second-order valence-electron chi connectivity index (χ2n) is 7.16. The van der Waals surface area contributed by atoms with Crippen LogP contribution in [0, 0.1) is 20.8 Å². The summed E-state index contributed by atoms with van der Waals surface area (Å²) in [6.07, 6.45) is 2.17. The standard InChI is InChI=1S/C21H26N4/c1-15-6-9-25-19(14-24-10-7-22-8-11-24)21(23-20(25)12-15)18-5-4-16(2)17(3)13-18/h4-6,9,12-13,22H,7-8,10-11,14H2,1-3H3. The number of nitrogens with zero attached hydrogens (tertiary/aromatic N) is 3. The number of fused-ring (bicyclic) bond motifs is 1. The molecular formula is C21H26N4. The molecule has 4 heteroatoms. The van der Waals surface area contributed by atoms with Crippen molar-refractivity contribution in [3.05, 3.63) is 58.9 Å². The molecule has 0 saturated carbocycles. The van der Waals surface area contributed by atoms with Crippen molar-refractivity contribution in [1.82, 2.24) is 19.6 Å². The summed E-state index contributed by atoms with van der Waals surface area (Å²) < 4.78 is 2.26. The fraction of sp³-hybridized carbons (Fsp3) is 0.381. The molecule has 1 aliphatic rings. The summed E-state index contributed by atoms with van der Waals surface area (Å²) in [7, 11) is 0. The first-order valence-corrected chi connectivity index (χ1v) is 9.10. The number of rotatable bonds is 3. The number of pyridine rings is 1. The Balaban J connectivity index is 1.83. The van der Waals surface area contributed by atoms with Crippen LogP contribution in [0.2, 0.25) is 0 Å². The van der Waals surface area contributed by atoms with Crippen molar-refractivity contribution < 1.29 is 0 Å². The Kier molecular flexibility index (Phi) is 4.32. The lowest BCUT2D eigenvalue weighted by Crippen LogP contribution is -2.43. The fourth-order valence-corrected chi connectivity index (χ4v) is 3.55. The van der Waals surface area contributed by atoms with Gasteiger partial charge in [-0.25, -0.2) is 4.98 Å². The number of nitrogens with one attached hydrogen (secondary N) is 1. The molecule has 1 aromatic carbocycles. The van der Waals surface area contributed by atoms with Gasteiger partial charge in [-0.05, 0) is 55.7 Å². The molecule has 1 aliphatic heterocycles. The number of hydrogen-bond donors (Lipinski definition) is 1. The third-order valence-corrected chi connectivity index (χ3v) is 5.24. The maximum absolute atomic E-state index is 5.00. The van der Waals surface area contributed by atoms with Crippen molar-refractivity contribution in [3.8, 4) is 11.3 Å². The molecule has 0 atom stereocenters. The number of aromatic nitrogens is 2. The zero-order chi connectivity index (χ0) is 17.4. The first kappa shape index (κ1) is 16.3. The Hall–Kier alpha value is -2.17. The van der Waals surface area contributed by atoms with Gasteiger partial charge in [0.25, 0.3) is 0 Å². The molecule has 0 bridgehead atoms. The Morgan fingerprint density at radius 2 is 1.80 bits per heavy atom. The van der Waals surface area contributed by atoms with Gasteiger partial charge in [0.1, 0.15) is 5.65 Å². The van der Waals surface area contributed by atoms with E-state index in [9.17, 15) is 0 Å². The molecule has 1 fully saturated rings. The number of benzene rings is 1. The van der Waals surface area contributed by atoms with Gasteiger partial charge in [-0.2, -0.15) is 0 Å². The van der Waals surface area contributed by atoms with Crippen LogP contribution >= 0.6 is 0 Å². The Bertz CT molecular complexity index is 904. The molecule has 3 heterocycles. The van der Waals surface area contributed by atoms with E-state index in [2.05, 4.69) is 71.9 Å². The summed E-state index contributed by atoms with van der Waals surface area (Å²) in [5, 5.41) is 3.43. The molecule has 0 spiro atoms. The van der Waals surface area contributed by atoms with Crippen molar-refractivity contribution in [2.24, 2.45) is 0 Å². The minimum Gasteiger partial charge on any atom is -0.314 e. The average molecular weight is 334 g/mol. The molecule has 130 valence electrons. The van der Waals surface area contributed by atoms with E-state index in [1.54, 1.807) is 0 Å². The van der Waals surface area contributed by atoms with Crippen LogP contribution in [0.5, 0.6) is 0 Å². The maximum atomic E-state index is 5.00. The number of imidazole rings is 1. The van der Waals surface area contributed by atoms with Gasteiger partial charge in [0.05, 0.1) is 11.4 Å². The van der Waals surface area contributed by atoms with Crippen LogP contribution in [0.15, 0.2) is 36.5 Å². The first-order valence-electron chi connectivity index (χ1n) is 9.10. The fourth-order valence-electron chi connectivity index (χ4n) is 3.55. The molecular weight excluding hydrogens is 308 g/mol. The van der Waals surface area contributed by atoms with Crippen molar-refractivity contribution in [2.45, 2.75) is 27.3 Å². The number of aryl methyl sites for hydroxylation is 3. The molecule has 25 heavy (non-hydrogen) atoms. The zero-order valence-electron chi connectivity index (χ0n) is 15.3. The molecule has 1 N–H and O–H groups in total. The van der Waals surface area contributed by atoms with Gasteiger partial charge in [0, 0.05) is 44.5 Å². The Morgan fingerprint density at radius 1 is 1.00 bits per heavy atom. The van der Waals surface area contributed by atoms with Crippen molar-refractivity contribution >= 4 is 5.65 Å². The van der Waals surface area contributed by atoms with Crippen LogP contribution in [0.25, 0.3) is 16.9 Å². The highest BCUT2D eigenvalue weighted by Gasteiger charge is 2.18. The monoisotopic (exact) mass is 334 g/mol. The van der Waals surface area contributed by atoms with Crippen LogP contribution in [-0.4, -0.2) is 40.5 Å². The second-order valence-corrected chi connectivity index (χ2v) is 7.16. The summed E-state index contributed by atoms with van der Waals surface area (Å²) in [6.45, 7) is 11.7. The maximum Gasteiger partial charge on any atom is 0.137 e. The van der Waals surface area contributed by atoms with E-state index in [0.29, 0.717) is 0 Å². The van der Waals surface area contributed by atoms with Gasteiger partial charge in [0.15, 0.2) is 0 Å². The van der Waals surface area contributed by atoms with E-state index in [-0.39, 0.29) is 0 Å². The highest BCUT2D eigenvalue weighted by molar-refractivity contribution is 5.68.